The van der Waals surface area contributed by atoms with E-state index in [0.29, 0.717) is 24.7 Å². The highest BCUT2D eigenvalue weighted by Crippen LogP contribution is 2.35. The van der Waals surface area contributed by atoms with Crippen molar-refractivity contribution in [3.63, 3.8) is 0 Å². The molecule has 4 rings (SSSR count). The Labute approximate surface area is 170 Å². The van der Waals surface area contributed by atoms with Gasteiger partial charge in [0.15, 0.2) is 5.69 Å². The number of nitrogens with one attached hydrogen (secondary N) is 1. The first-order valence-electron chi connectivity index (χ1n) is 10.0. The van der Waals surface area contributed by atoms with Gasteiger partial charge in [0.05, 0.1) is 13.3 Å². The fourth-order valence-corrected chi connectivity index (χ4v) is 3.82. The standard InChI is InChI=1S/C22H26N4O3/c1-14(2)20-12-19(25-29-20)22(27)26-9-7-15(8-10-26)21-18(13-23-24-21)16-5-4-6-17(11-16)28-3/h4-6,11-15H,7-10H2,1-3H3,(H,23,24). The molecule has 3 aromatic rings. The van der Waals surface area contributed by atoms with Crippen LogP contribution in [0.15, 0.2) is 41.1 Å². The summed E-state index contributed by atoms with van der Waals surface area (Å²) in [6.07, 6.45) is 3.62. The maximum atomic E-state index is 12.8. The van der Waals surface area contributed by atoms with E-state index in [1.54, 1.807) is 13.2 Å². The van der Waals surface area contributed by atoms with Crippen LogP contribution >= 0.6 is 0 Å². The van der Waals surface area contributed by atoms with Crippen molar-refractivity contribution in [3.05, 3.63) is 53.7 Å². The summed E-state index contributed by atoms with van der Waals surface area (Å²) in [6, 6.07) is 9.75. The minimum absolute atomic E-state index is 0.0586. The number of H-pyrrole nitrogens is 1. The molecule has 1 aliphatic rings. The molecule has 0 aliphatic carbocycles. The molecule has 1 saturated heterocycles. The second kappa shape index (κ2) is 8.11. The first-order chi connectivity index (χ1) is 14.1. The van der Waals surface area contributed by atoms with E-state index in [1.807, 2.05) is 43.1 Å². The van der Waals surface area contributed by atoms with Crippen LogP contribution in [0.4, 0.5) is 0 Å². The number of ether oxygens (including phenoxy) is 1. The molecule has 0 unspecified atom stereocenters. The summed E-state index contributed by atoms with van der Waals surface area (Å²) in [5.41, 5.74) is 3.68. The highest BCUT2D eigenvalue weighted by atomic mass is 16.5. The van der Waals surface area contributed by atoms with Gasteiger partial charge in [-0.25, -0.2) is 0 Å². The van der Waals surface area contributed by atoms with Gasteiger partial charge in [-0.1, -0.05) is 31.1 Å². The number of hydrogen-bond donors (Lipinski definition) is 1. The lowest BCUT2D eigenvalue weighted by atomic mass is 9.89. The Hall–Kier alpha value is -3.09. The SMILES string of the molecule is COc1cccc(-c2cn[nH]c2C2CCN(C(=O)c3cc(C(C)C)on3)CC2)c1. The smallest absolute Gasteiger partial charge is 0.276 e. The third-order valence-corrected chi connectivity index (χ3v) is 5.56. The lowest BCUT2D eigenvalue weighted by molar-refractivity contribution is 0.0701. The third-order valence-electron chi connectivity index (χ3n) is 5.56. The molecule has 1 N–H and O–H groups in total. The molecule has 1 fully saturated rings. The summed E-state index contributed by atoms with van der Waals surface area (Å²) in [5, 5.41) is 11.4. The van der Waals surface area contributed by atoms with E-state index in [1.165, 1.54) is 0 Å². The second-order valence-electron chi connectivity index (χ2n) is 7.77. The first-order valence-corrected chi connectivity index (χ1v) is 10.0. The zero-order valence-electron chi connectivity index (χ0n) is 17.0. The molecule has 0 spiro atoms. The van der Waals surface area contributed by atoms with E-state index in [2.05, 4.69) is 21.4 Å². The van der Waals surface area contributed by atoms with Gasteiger partial charge in [0, 0.05) is 42.2 Å². The average molecular weight is 394 g/mol. The van der Waals surface area contributed by atoms with Gasteiger partial charge in [-0.3, -0.25) is 9.89 Å². The van der Waals surface area contributed by atoms with Crippen molar-refractivity contribution in [1.82, 2.24) is 20.3 Å². The number of nitrogens with zero attached hydrogens (tertiary/aromatic N) is 3. The highest BCUT2D eigenvalue weighted by Gasteiger charge is 2.28. The van der Waals surface area contributed by atoms with Crippen molar-refractivity contribution in [2.24, 2.45) is 0 Å². The maximum Gasteiger partial charge on any atom is 0.276 e. The summed E-state index contributed by atoms with van der Waals surface area (Å²) >= 11 is 0. The van der Waals surface area contributed by atoms with Crippen molar-refractivity contribution < 1.29 is 14.1 Å². The number of carbonyl (C=O) groups is 1. The molecule has 152 valence electrons. The number of aromatic nitrogens is 3. The Morgan fingerprint density at radius 2 is 2.07 bits per heavy atom. The molecule has 1 aromatic carbocycles. The van der Waals surface area contributed by atoms with Crippen molar-refractivity contribution in [2.45, 2.75) is 38.5 Å². The summed E-state index contributed by atoms with van der Waals surface area (Å²) < 4.78 is 10.6. The van der Waals surface area contributed by atoms with Gasteiger partial charge in [-0.05, 0) is 30.5 Å². The fraction of sp³-hybridized carbons (Fsp3) is 0.409. The molecule has 0 atom stereocenters. The molecule has 1 aliphatic heterocycles. The first kappa shape index (κ1) is 19.2. The molecule has 7 heteroatoms. The van der Waals surface area contributed by atoms with Gasteiger partial charge in [0.25, 0.3) is 5.91 Å². The van der Waals surface area contributed by atoms with E-state index in [-0.39, 0.29) is 11.8 Å². The predicted molar refractivity (Wildman–Crippen MR) is 109 cm³/mol. The Morgan fingerprint density at radius 3 is 2.76 bits per heavy atom. The van der Waals surface area contributed by atoms with Gasteiger partial charge in [0.1, 0.15) is 11.5 Å². The van der Waals surface area contributed by atoms with Crippen molar-refractivity contribution in [3.8, 4) is 16.9 Å². The number of amides is 1. The van der Waals surface area contributed by atoms with E-state index in [9.17, 15) is 4.79 Å². The molecular weight excluding hydrogens is 368 g/mol. The van der Waals surface area contributed by atoms with Crippen LogP contribution in [0.2, 0.25) is 0 Å². The number of piperidine rings is 1. The molecule has 7 nitrogen and oxygen atoms in total. The van der Waals surface area contributed by atoms with Crippen LogP contribution in [0.1, 0.15) is 60.5 Å². The largest absolute Gasteiger partial charge is 0.497 e. The summed E-state index contributed by atoms with van der Waals surface area (Å²) in [7, 11) is 1.67. The number of aromatic amines is 1. The van der Waals surface area contributed by atoms with Gasteiger partial charge < -0.3 is 14.2 Å². The number of likely N-dealkylation sites (tertiary alicyclic amines) is 1. The van der Waals surface area contributed by atoms with Gasteiger partial charge >= 0.3 is 0 Å². The lowest BCUT2D eigenvalue weighted by Gasteiger charge is -2.31. The van der Waals surface area contributed by atoms with Crippen LogP contribution in [-0.4, -0.2) is 46.4 Å². The van der Waals surface area contributed by atoms with E-state index in [0.717, 1.165) is 41.2 Å². The summed E-state index contributed by atoms with van der Waals surface area (Å²) in [4.78, 5) is 14.6. The molecule has 0 saturated carbocycles. The van der Waals surface area contributed by atoms with E-state index >= 15 is 0 Å². The number of hydrogen-bond acceptors (Lipinski definition) is 5. The third kappa shape index (κ3) is 3.90. The maximum absolute atomic E-state index is 12.8. The number of carbonyl (C=O) groups excluding carboxylic acids is 1. The topological polar surface area (TPSA) is 84.2 Å². The quantitative estimate of drug-likeness (QED) is 0.700. The van der Waals surface area contributed by atoms with Gasteiger partial charge in [-0.15, -0.1) is 0 Å². The molecule has 0 bridgehead atoms. The van der Waals surface area contributed by atoms with Gasteiger partial charge in [-0.2, -0.15) is 5.10 Å². The lowest BCUT2D eigenvalue weighted by Crippen LogP contribution is -2.38. The van der Waals surface area contributed by atoms with E-state index < -0.39 is 0 Å². The van der Waals surface area contributed by atoms with Crippen molar-refractivity contribution >= 4 is 5.91 Å². The predicted octanol–water partition coefficient (Wildman–Crippen LogP) is 4.22. The van der Waals surface area contributed by atoms with Crippen LogP contribution in [-0.2, 0) is 0 Å². The summed E-state index contributed by atoms with van der Waals surface area (Å²) in [6.45, 7) is 5.41. The Balaban J connectivity index is 1.45. The Kier molecular flexibility index (Phi) is 5.38. The zero-order valence-corrected chi connectivity index (χ0v) is 17.0. The highest BCUT2D eigenvalue weighted by molar-refractivity contribution is 5.92. The van der Waals surface area contributed by atoms with Gasteiger partial charge in [0.2, 0.25) is 0 Å². The van der Waals surface area contributed by atoms with Crippen LogP contribution < -0.4 is 4.74 Å². The van der Waals surface area contributed by atoms with Crippen LogP contribution in [0.3, 0.4) is 0 Å². The monoisotopic (exact) mass is 394 g/mol. The normalized spacial score (nSPS) is 15.1. The molecule has 2 aromatic heterocycles. The van der Waals surface area contributed by atoms with Crippen molar-refractivity contribution in [2.75, 3.05) is 20.2 Å². The second-order valence-corrected chi connectivity index (χ2v) is 7.77. The van der Waals surface area contributed by atoms with Crippen LogP contribution in [0.5, 0.6) is 5.75 Å². The molecule has 29 heavy (non-hydrogen) atoms. The number of methoxy groups -OCH3 is 1. The zero-order chi connectivity index (χ0) is 20.4. The number of rotatable bonds is 5. The van der Waals surface area contributed by atoms with Crippen molar-refractivity contribution in [1.29, 1.82) is 0 Å². The Morgan fingerprint density at radius 1 is 1.28 bits per heavy atom. The molecule has 1 amide bonds. The average Bonchev–Trinajstić information content (AvgIpc) is 3.43. The fourth-order valence-electron chi connectivity index (χ4n) is 3.82. The number of benzene rings is 1. The molecular formula is C22H26N4O3. The minimum atomic E-state index is -0.0586. The van der Waals surface area contributed by atoms with Crippen LogP contribution in [0, 0.1) is 0 Å². The molecule has 0 radical (unpaired) electrons. The summed E-state index contributed by atoms with van der Waals surface area (Å²) in [5.74, 6) is 2.04. The van der Waals surface area contributed by atoms with Crippen LogP contribution in [0.25, 0.3) is 11.1 Å². The minimum Gasteiger partial charge on any atom is -0.497 e. The Bertz CT molecular complexity index is 983. The van der Waals surface area contributed by atoms with E-state index in [4.69, 9.17) is 9.26 Å². The molecule has 3 heterocycles.